The lowest BCUT2D eigenvalue weighted by atomic mass is 9.88. The SMILES string of the molecule is CCCCCCCC/C=C\CCCCCCCCCC(=O)NC(COC1OC(CO)C(OC2OC(CO)C(O)C(OC3(C(=O)O)CC(O)C(NC(C)=O)C(C(O)C(O)CO)O3)C2O)C(O)C1O)C(O)CCCCCCCCCCCCCCCCCC. The van der Waals surface area contributed by atoms with Gasteiger partial charge in [-0.1, -0.05) is 193 Å². The first kappa shape index (κ1) is 78.7. The van der Waals surface area contributed by atoms with Gasteiger partial charge in [0.2, 0.25) is 11.8 Å². The van der Waals surface area contributed by atoms with Gasteiger partial charge in [0, 0.05) is 19.8 Å². The second kappa shape index (κ2) is 45.7. The number of hydrogen-bond donors (Lipinski definition) is 14. The van der Waals surface area contributed by atoms with Crippen molar-refractivity contribution in [3.05, 3.63) is 12.2 Å². The molecule has 18 unspecified atom stereocenters. The highest BCUT2D eigenvalue weighted by Crippen LogP contribution is 2.39. The molecule has 23 heteroatoms. The van der Waals surface area contributed by atoms with Crippen LogP contribution in [0.4, 0.5) is 0 Å². The number of aliphatic hydroxyl groups excluding tert-OH is 11. The second-order valence-corrected chi connectivity index (χ2v) is 24.7. The fourth-order valence-corrected chi connectivity index (χ4v) is 11.8. The molecule has 0 aliphatic carbocycles. The first-order chi connectivity index (χ1) is 41.9. The molecule has 0 radical (unpaired) electrons. The molecule has 510 valence electrons. The van der Waals surface area contributed by atoms with Crippen LogP contribution in [0, 0.1) is 0 Å². The molecule has 0 aromatic rings. The van der Waals surface area contributed by atoms with E-state index in [2.05, 4.69) is 36.6 Å². The molecule has 0 saturated carbocycles. The van der Waals surface area contributed by atoms with Crippen molar-refractivity contribution in [2.75, 3.05) is 26.4 Å². The summed E-state index contributed by atoms with van der Waals surface area (Å²) in [6.07, 6.45) is 12.1. The maximum absolute atomic E-state index is 13.4. The minimum atomic E-state index is -3.08. The van der Waals surface area contributed by atoms with E-state index >= 15 is 0 Å². The van der Waals surface area contributed by atoms with Gasteiger partial charge in [-0.15, -0.1) is 0 Å². The van der Waals surface area contributed by atoms with Crippen molar-refractivity contribution in [2.45, 2.75) is 349 Å². The molecule has 3 fully saturated rings. The third-order valence-electron chi connectivity index (χ3n) is 17.2. The number of carbonyl (C=O) groups is 3. The normalized spacial score (nSPS) is 29.2. The molecule has 18 atom stereocenters. The van der Waals surface area contributed by atoms with E-state index in [1.807, 2.05) is 0 Å². The van der Waals surface area contributed by atoms with Gasteiger partial charge in [-0.3, -0.25) is 9.59 Å². The Balaban J connectivity index is 1.62. The van der Waals surface area contributed by atoms with E-state index < -0.39 is 148 Å². The molecular weight excluding hydrogens is 1130 g/mol. The Morgan fingerprint density at radius 2 is 1.07 bits per heavy atom. The van der Waals surface area contributed by atoms with Crippen molar-refractivity contribution in [1.82, 2.24) is 10.6 Å². The molecule has 3 heterocycles. The number of aliphatic hydroxyl groups is 11. The maximum atomic E-state index is 13.4. The summed E-state index contributed by atoms with van der Waals surface area (Å²) in [5, 5.41) is 136. The molecule has 0 aromatic carbocycles. The summed E-state index contributed by atoms with van der Waals surface area (Å²) in [5.41, 5.74) is 0. The second-order valence-electron chi connectivity index (χ2n) is 24.7. The van der Waals surface area contributed by atoms with Crippen LogP contribution in [0.15, 0.2) is 12.2 Å². The molecular formula is C64H118N2O21. The van der Waals surface area contributed by atoms with Gasteiger partial charge in [0.05, 0.1) is 50.7 Å². The van der Waals surface area contributed by atoms with Crippen molar-refractivity contribution in [3.63, 3.8) is 0 Å². The molecule has 0 bridgehead atoms. The largest absolute Gasteiger partial charge is 0.477 e. The van der Waals surface area contributed by atoms with Crippen LogP contribution >= 0.6 is 0 Å². The average molecular weight is 1250 g/mol. The first-order valence-electron chi connectivity index (χ1n) is 33.5. The number of carboxylic acids is 1. The standard InChI is InChI=1S/C64H118N2O21/c1-4-6-8-10-12-14-16-18-20-22-24-26-28-30-32-34-36-38-51(74)66-45(46(71)37-35-33-31-29-27-25-23-21-19-17-15-13-11-9-7-5-2)43-82-61-56(78)55(77)58(50(42-69)84-61)85-62-57(79)60(54(76)49(41-68)83-62)87-64(63(80)81)39-47(72)52(65-44(3)70)59(86-64)53(75)48(73)40-67/h18,20,45-50,52-62,67-69,71-73,75-79H,4-17,19,21-43H2,1-3H3,(H,65,70)(H,66,74)(H,80,81)/b20-18-. The Kier molecular flexibility index (Phi) is 41.3. The number of carboxylic acid groups (broad SMARTS) is 1. The van der Waals surface area contributed by atoms with Gasteiger partial charge < -0.3 is 100 Å². The highest BCUT2D eigenvalue weighted by molar-refractivity contribution is 5.77. The highest BCUT2D eigenvalue weighted by Gasteiger charge is 2.60. The van der Waals surface area contributed by atoms with Crippen LogP contribution in [0.5, 0.6) is 0 Å². The molecule has 87 heavy (non-hydrogen) atoms. The molecule has 3 aliphatic rings. The van der Waals surface area contributed by atoms with E-state index in [1.165, 1.54) is 109 Å². The lowest BCUT2D eigenvalue weighted by Crippen LogP contribution is -2.70. The van der Waals surface area contributed by atoms with Crippen LogP contribution in [0.25, 0.3) is 0 Å². The van der Waals surface area contributed by atoms with Crippen molar-refractivity contribution in [2.24, 2.45) is 0 Å². The van der Waals surface area contributed by atoms with E-state index in [0.29, 0.717) is 19.3 Å². The fraction of sp³-hybridized carbons (Fsp3) is 0.922. The molecule has 14 N–H and O–H groups in total. The van der Waals surface area contributed by atoms with Gasteiger partial charge in [-0.05, 0) is 38.5 Å². The van der Waals surface area contributed by atoms with Gasteiger partial charge >= 0.3 is 5.97 Å². The Bertz CT molecular complexity index is 1820. The summed E-state index contributed by atoms with van der Waals surface area (Å²) in [6, 6.07) is -2.53. The molecule has 3 aliphatic heterocycles. The third kappa shape index (κ3) is 28.9. The zero-order valence-corrected chi connectivity index (χ0v) is 52.9. The summed E-state index contributed by atoms with van der Waals surface area (Å²) in [7, 11) is 0. The van der Waals surface area contributed by atoms with E-state index in [9.17, 15) is 75.7 Å². The van der Waals surface area contributed by atoms with Crippen LogP contribution < -0.4 is 10.6 Å². The molecule has 3 saturated heterocycles. The summed E-state index contributed by atoms with van der Waals surface area (Å²) in [5.74, 6) is -6.10. The van der Waals surface area contributed by atoms with Crippen LogP contribution in [0.3, 0.4) is 0 Å². The Morgan fingerprint density at radius 3 is 1.55 bits per heavy atom. The van der Waals surface area contributed by atoms with Gasteiger partial charge in [0.25, 0.3) is 5.79 Å². The fourth-order valence-electron chi connectivity index (χ4n) is 11.8. The predicted octanol–water partition coefficient (Wildman–Crippen LogP) is 5.12. The summed E-state index contributed by atoms with van der Waals surface area (Å²) >= 11 is 0. The summed E-state index contributed by atoms with van der Waals surface area (Å²) in [6.45, 7) is 2.19. The predicted molar refractivity (Wildman–Crippen MR) is 325 cm³/mol. The van der Waals surface area contributed by atoms with Crippen LogP contribution in [-0.4, -0.2) is 215 Å². The number of hydrogen-bond acceptors (Lipinski definition) is 20. The molecule has 0 aromatic heterocycles. The Morgan fingerprint density at radius 1 is 0.586 bits per heavy atom. The van der Waals surface area contributed by atoms with Crippen molar-refractivity contribution in [3.8, 4) is 0 Å². The number of unbranched alkanes of at least 4 members (excludes halogenated alkanes) is 28. The lowest BCUT2D eigenvalue weighted by molar-refractivity contribution is -0.386. The van der Waals surface area contributed by atoms with Crippen LogP contribution in [-0.2, 0) is 42.8 Å². The average Bonchev–Trinajstić information content (AvgIpc) is 1.26. The molecule has 23 nitrogen and oxygen atoms in total. The number of aliphatic carboxylic acids is 1. The zero-order valence-electron chi connectivity index (χ0n) is 52.9. The number of allylic oxidation sites excluding steroid dienone is 2. The van der Waals surface area contributed by atoms with E-state index in [0.717, 1.165) is 84.0 Å². The van der Waals surface area contributed by atoms with E-state index in [4.69, 9.17) is 28.4 Å². The molecule has 2 amide bonds. The number of ether oxygens (including phenoxy) is 6. The highest BCUT2D eigenvalue weighted by atomic mass is 16.8. The minimum absolute atomic E-state index is 0.220. The van der Waals surface area contributed by atoms with Gasteiger partial charge in [0.1, 0.15) is 67.1 Å². The number of nitrogens with one attached hydrogen (secondary N) is 2. The van der Waals surface area contributed by atoms with E-state index in [-0.39, 0.29) is 18.9 Å². The first-order valence-corrected chi connectivity index (χ1v) is 33.5. The summed E-state index contributed by atoms with van der Waals surface area (Å²) < 4.78 is 34.8. The van der Waals surface area contributed by atoms with Gasteiger partial charge in [0.15, 0.2) is 12.6 Å². The number of carbonyl (C=O) groups excluding carboxylic acids is 2. The Labute approximate surface area is 518 Å². The topological polar surface area (TPSA) is 373 Å². The number of amides is 2. The smallest absolute Gasteiger partial charge is 0.364 e. The minimum Gasteiger partial charge on any atom is -0.477 e. The van der Waals surface area contributed by atoms with E-state index in [1.54, 1.807) is 0 Å². The van der Waals surface area contributed by atoms with Crippen molar-refractivity contribution < 1.29 is 104 Å². The zero-order chi connectivity index (χ0) is 64.0. The quantitative estimate of drug-likeness (QED) is 0.0278. The van der Waals surface area contributed by atoms with Crippen LogP contribution in [0.1, 0.15) is 239 Å². The lowest BCUT2D eigenvalue weighted by Gasteiger charge is -2.50. The Hall–Kier alpha value is -2.53. The van der Waals surface area contributed by atoms with Crippen molar-refractivity contribution >= 4 is 17.8 Å². The monoisotopic (exact) mass is 1250 g/mol. The van der Waals surface area contributed by atoms with Gasteiger partial charge in [-0.25, -0.2) is 4.79 Å². The summed E-state index contributed by atoms with van der Waals surface area (Å²) in [4.78, 5) is 38.5. The maximum Gasteiger partial charge on any atom is 0.364 e. The van der Waals surface area contributed by atoms with Crippen LogP contribution in [0.2, 0.25) is 0 Å². The number of rotatable bonds is 50. The molecule has 0 spiro atoms. The van der Waals surface area contributed by atoms with Gasteiger partial charge in [-0.2, -0.15) is 0 Å². The third-order valence-corrected chi connectivity index (χ3v) is 17.2. The van der Waals surface area contributed by atoms with Crippen molar-refractivity contribution in [1.29, 1.82) is 0 Å². The molecule has 3 rings (SSSR count).